The van der Waals surface area contributed by atoms with Crippen LogP contribution in [0.1, 0.15) is 32.3 Å². The molecule has 2 aromatic rings. The highest BCUT2D eigenvalue weighted by Crippen LogP contribution is 2.37. The van der Waals surface area contributed by atoms with Gasteiger partial charge in [-0.2, -0.15) is 20.5 Å². The summed E-state index contributed by atoms with van der Waals surface area (Å²) < 4.78 is 8.96. The van der Waals surface area contributed by atoms with E-state index < -0.39 is 0 Å². The smallest absolute Gasteiger partial charge is 0.111 e. The zero-order valence-corrected chi connectivity index (χ0v) is 14.9. The number of benzene rings is 1. The predicted octanol–water partition coefficient (Wildman–Crippen LogP) is 4.22. The Morgan fingerprint density at radius 2 is 2.10 bits per heavy atom. The Morgan fingerprint density at radius 1 is 1.29 bits per heavy atom. The zero-order valence-electron chi connectivity index (χ0n) is 13.3. The molecule has 116 valence electrons. The van der Waals surface area contributed by atoms with Crippen LogP contribution in [0, 0.1) is 0 Å². The Labute approximate surface area is 135 Å². The van der Waals surface area contributed by atoms with Gasteiger partial charge in [-0.1, -0.05) is 13.8 Å². The van der Waals surface area contributed by atoms with E-state index in [4.69, 9.17) is 0 Å². The van der Waals surface area contributed by atoms with Crippen molar-refractivity contribution in [2.24, 2.45) is 0 Å². The molecule has 0 spiro atoms. The van der Waals surface area contributed by atoms with Crippen molar-refractivity contribution in [2.75, 3.05) is 36.6 Å². The quantitative estimate of drug-likeness (QED) is 0.787. The summed E-state index contributed by atoms with van der Waals surface area (Å²) in [4.78, 5) is 2.32. The molecule has 0 aliphatic carbocycles. The van der Waals surface area contributed by atoms with Crippen LogP contribution in [0.4, 0.5) is 11.4 Å². The molecule has 0 bridgehead atoms. The van der Waals surface area contributed by atoms with E-state index >= 15 is 0 Å². The molecule has 1 heterocycles. The molecular formula is C15H24N4S2. The van der Waals surface area contributed by atoms with Gasteiger partial charge in [0.1, 0.15) is 11.0 Å². The molecule has 0 radical (unpaired) electrons. The Kier molecular flexibility index (Phi) is 6.11. The van der Waals surface area contributed by atoms with E-state index in [0.717, 1.165) is 42.7 Å². The molecule has 1 aromatic carbocycles. The monoisotopic (exact) mass is 324 g/mol. The maximum atomic E-state index is 4.51. The van der Waals surface area contributed by atoms with Gasteiger partial charge in [0, 0.05) is 31.5 Å². The predicted molar refractivity (Wildman–Crippen MR) is 97.0 cm³/mol. The molecule has 0 aliphatic heterocycles. The lowest BCUT2D eigenvalue weighted by molar-refractivity contribution is 0.851. The van der Waals surface area contributed by atoms with Crippen molar-refractivity contribution in [1.82, 2.24) is 8.75 Å². The number of anilines is 2. The minimum absolute atomic E-state index is 0.960. The number of hydrogen-bond acceptors (Lipinski definition) is 6. The second-order valence-electron chi connectivity index (χ2n) is 5.16. The fourth-order valence-electron chi connectivity index (χ4n) is 2.46. The Hall–Kier alpha value is -1.01. The lowest BCUT2D eigenvalue weighted by atomic mass is 10.1. The van der Waals surface area contributed by atoms with Gasteiger partial charge in [0.15, 0.2) is 0 Å². The van der Waals surface area contributed by atoms with E-state index in [0.29, 0.717) is 0 Å². The van der Waals surface area contributed by atoms with E-state index in [1.54, 1.807) is 0 Å². The van der Waals surface area contributed by atoms with Crippen LogP contribution in [0.15, 0.2) is 6.07 Å². The van der Waals surface area contributed by atoms with Crippen molar-refractivity contribution >= 4 is 45.9 Å². The molecule has 0 atom stereocenters. The summed E-state index contributed by atoms with van der Waals surface area (Å²) in [6.45, 7) is 6.43. The summed E-state index contributed by atoms with van der Waals surface area (Å²) in [5, 5.41) is 3.62. The first-order valence-corrected chi connectivity index (χ1v) is 9.57. The topological polar surface area (TPSA) is 41.0 Å². The Bertz CT molecular complexity index is 582. The molecule has 2 rings (SSSR count). The largest absolute Gasteiger partial charge is 0.383 e. The number of rotatable bonds is 8. The summed E-state index contributed by atoms with van der Waals surface area (Å²) in [6.07, 6.45) is 4.38. The van der Waals surface area contributed by atoms with Gasteiger partial charge in [-0.3, -0.25) is 0 Å². The average Bonchev–Trinajstić information content (AvgIpc) is 2.94. The van der Waals surface area contributed by atoms with Crippen LogP contribution in [-0.2, 0) is 5.75 Å². The van der Waals surface area contributed by atoms with Crippen LogP contribution in [0.2, 0.25) is 0 Å². The van der Waals surface area contributed by atoms with Crippen LogP contribution in [-0.4, -0.2) is 35.1 Å². The third-order valence-corrected chi connectivity index (χ3v) is 4.56. The van der Waals surface area contributed by atoms with Gasteiger partial charge < -0.3 is 10.2 Å². The minimum atomic E-state index is 0.960. The van der Waals surface area contributed by atoms with E-state index in [1.165, 1.54) is 28.7 Å². The van der Waals surface area contributed by atoms with Crippen molar-refractivity contribution in [3.8, 4) is 0 Å². The molecule has 1 aromatic heterocycles. The van der Waals surface area contributed by atoms with Crippen LogP contribution >= 0.6 is 23.5 Å². The third-order valence-electron chi connectivity index (χ3n) is 3.44. The number of thioether (sulfide) groups is 1. The summed E-state index contributed by atoms with van der Waals surface area (Å²) in [5.41, 5.74) is 5.85. The van der Waals surface area contributed by atoms with E-state index in [1.807, 2.05) is 11.8 Å². The minimum Gasteiger partial charge on any atom is -0.383 e. The van der Waals surface area contributed by atoms with E-state index in [9.17, 15) is 0 Å². The lowest BCUT2D eigenvalue weighted by Crippen LogP contribution is -2.20. The van der Waals surface area contributed by atoms with Crippen molar-refractivity contribution in [3.63, 3.8) is 0 Å². The van der Waals surface area contributed by atoms with Crippen molar-refractivity contribution in [1.29, 1.82) is 0 Å². The molecule has 21 heavy (non-hydrogen) atoms. The standard InChI is InChI=1S/C15H24N4S2/c1-5-7-16-15-11(10-20-4)14-12(17-21-18-14)9-13(15)19(3)8-6-2/h9,16H,5-8,10H2,1-4H3. The molecule has 4 nitrogen and oxygen atoms in total. The molecule has 0 unspecified atom stereocenters. The van der Waals surface area contributed by atoms with Crippen LogP contribution in [0.25, 0.3) is 11.0 Å². The van der Waals surface area contributed by atoms with Crippen molar-refractivity contribution < 1.29 is 0 Å². The maximum Gasteiger partial charge on any atom is 0.111 e. The second kappa shape index (κ2) is 7.84. The Morgan fingerprint density at radius 3 is 2.76 bits per heavy atom. The number of nitrogens with one attached hydrogen (secondary N) is 1. The summed E-state index contributed by atoms with van der Waals surface area (Å²) in [5.74, 6) is 0.960. The van der Waals surface area contributed by atoms with Crippen LogP contribution in [0.5, 0.6) is 0 Å². The van der Waals surface area contributed by atoms with Crippen molar-refractivity contribution in [3.05, 3.63) is 11.6 Å². The molecule has 6 heteroatoms. The lowest BCUT2D eigenvalue weighted by Gasteiger charge is -2.24. The first-order chi connectivity index (χ1) is 10.2. The Balaban J connectivity index is 2.56. The van der Waals surface area contributed by atoms with Gasteiger partial charge in [0.05, 0.1) is 23.1 Å². The average molecular weight is 325 g/mol. The number of hydrogen-bond donors (Lipinski definition) is 1. The third kappa shape index (κ3) is 3.61. The molecule has 0 fully saturated rings. The van der Waals surface area contributed by atoms with Gasteiger partial charge in [0.25, 0.3) is 0 Å². The second-order valence-corrected chi connectivity index (χ2v) is 6.56. The first-order valence-electron chi connectivity index (χ1n) is 7.45. The first kappa shape index (κ1) is 16.4. The fourth-order valence-corrected chi connectivity index (χ4v) is 3.59. The highest BCUT2D eigenvalue weighted by Gasteiger charge is 2.18. The van der Waals surface area contributed by atoms with Gasteiger partial charge in [-0.15, -0.1) is 0 Å². The fraction of sp³-hybridized carbons (Fsp3) is 0.600. The zero-order chi connectivity index (χ0) is 15.2. The molecule has 0 saturated heterocycles. The van der Waals surface area contributed by atoms with E-state index in [-0.39, 0.29) is 0 Å². The number of aromatic nitrogens is 2. The summed E-state index contributed by atoms with van der Waals surface area (Å²) in [6, 6.07) is 2.18. The molecule has 0 aliphatic rings. The molecule has 1 N–H and O–H groups in total. The maximum absolute atomic E-state index is 4.51. The number of fused-ring (bicyclic) bond motifs is 1. The number of nitrogens with zero attached hydrogens (tertiary/aromatic N) is 3. The highest BCUT2D eigenvalue weighted by atomic mass is 32.2. The van der Waals surface area contributed by atoms with Gasteiger partial charge in [0.2, 0.25) is 0 Å². The van der Waals surface area contributed by atoms with Crippen molar-refractivity contribution in [2.45, 2.75) is 32.4 Å². The van der Waals surface area contributed by atoms with Crippen LogP contribution in [0.3, 0.4) is 0 Å². The normalized spacial score (nSPS) is 11.0. The van der Waals surface area contributed by atoms with Crippen LogP contribution < -0.4 is 10.2 Å². The van der Waals surface area contributed by atoms with Gasteiger partial charge in [-0.05, 0) is 25.2 Å². The van der Waals surface area contributed by atoms with Gasteiger partial charge >= 0.3 is 0 Å². The van der Waals surface area contributed by atoms with Gasteiger partial charge in [-0.25, -0.2) is 0 Å². The van der Waals surface area contributed by atoms with E-state index in [2.05, 4.69) is 52.2 Å². The molecular weight excluding hydrogens is 300 g/mol. The SMILES string of the molecule is CCCNc1c(N(C)CCC)cc2nsnc2c1CSC. The molecule has 0 amide bonds. The highest BCUT2D eigenvalue weighted by molar-refractivity contribution is 7.97. The summed E-state index contributed by atoms with van der Waals surface area (Å²) >= 11 is 3.14. The summed E-state index contributed by atoms with van der Waals surface area (Å²) in [7, 11) is 2.16. The molecule has 0 saturated carbocycles.